The van der Waals surface area contributed by atoms with Gasteiger partial charge in [-0.05, 0) is 32.4 Å². The van der Waals surface area contributed by atoms with Gasteiger partial charge in [-0.25, -0.2) is 4.39 Å². The maximum absolute atomic E-state index is 13.1. The van der Waals surface area contributed by atoms with Crippen molar-refractivity contribution in [1.29, 1.82) is 0 Å². The summed E-state index contributed by atoms with van der Waals surface area (Å²) in [5, 5.41) is 9.54. The van der Waals surface area contributed by atoms with Gasteiger partial charge in [0, 0.05) is 11.6 Å². The van der Waals surface area contributed by atoms with Crippen molar-refractivity contribution in [2.45, 2.75) is 45.8 Å². The van der Waals surface area contributed by atoms with Crippen LogP contribution in [-0.2, 0) is 0 Å². The molecule has 0 bridgehead atoms. The van der Waals surface area contributed by atoms with Gasteiger partial charge in [-0.2, -0.15) is 0 Å². The number of hydrogen-bond acceptors (Lipinski definition) is 2. The second kappa shape index (κ2) is 5.85. The molecule has 0 radical (unpaired) electrons. The third-order valence-corrected chi connectivity index (χ3v) is 2.45. The van der Waals surface area contributed by atoms with E-state index in [0.29, 0.717) is 11.3 Å². The minimum Gasteiger partial charge on any atom is -0.490 e. The Hall–Kier alpha value is -1.09. The first kappa shape index (κ1) is 13.0. The van der Waals surface area contributed by atoms with Gasteiger partial charge in [-0.15, -0.1) is 0 Å². The smallest absolute Gasteiger partial charge is 0.128 e. The van der Waals surface area contributed by atoms with E-state index in [1.807, 2.05) is 6.92 Å². The van der Waals surface area contributed by atoms with Crippen LogP contribution in [-0.4, -0.2) is 11.2 Å². The summed E-state index contributed by atoms with van der Waals surface area (Å²) in [5.41, 5.74) is 0.629. The van der Waals surface area contributed by atoms with Crippen molar-refractivity contribution in [2.24, 2.45) is 0 Å². The summed E-state index contributed by atoms with van der Waals surface area (Å²) in [6.07, 6.45) is 1.31. The fourth-order valence-electron chi connectivity index (χ4n) is 1.64. The molecule has 1 unspecified atom stereocenters. The molecule has 0 saturated carbocycles. The summed E-state index contributed by atoms with van der Waals surface area (Å²) in [6.45, 7) is 5.66. The number of halogens is 1. The molecule has 0 aliphatic carbocycles. The highest BCUT2D eigenvalue weighted by Crippen LogP contribution is 2.27. The molecule has 3 heteroatoms. The zero-order chi connectivity index (χ0) is 12.1. The van der Waals surface area contributed by atoms with Crippen LogP contribution in [0, 0.1) is 5.82 Å². The lowest BCUT2D eigenvalue weighted by atomic mass is 10.1. The Morgan fingerprint density at radius 3 is 2.62 bits per heavy atom. The highest BCUT2D eigenvalue weighted by atomic mass is 19.1. The van der Waals surface area contributed by atoms with Crippen LogP contribution in [0.3, 0.4) is 0 Å². The van der Waals surface area contributed by atoms with Crippen LogP contribution in [0.15, 0.2) is 18.2 Å². The fraction of sp³-hybridized carbons (Fsp3) is 0.538. The Bertz CT molecular complexity index is 337. The van der Waals surface area contributed by atoms with Crippen LogP contribution >= 0.6 is 0 Å². The van der Waals surface area contributed by atoms with Crippen LogP contribution < -0.4 is 4.74 Å². The number of aliphatic hydroxyl groups excluding tert-OH is 1. The van der Waals surface area contributed by atoms with E-state index in [1.165, 1.54) is 12.1 Å². The number of rotatable bonds is 5. The van der Waals surface area contributed by atoms with Crippen LogP contribution in [0.4, 0.5) is 4.39 Å². The number of hydrogen-bond donors (Lipinski definition) is 1. The standard InChI is InChI=1S/C13H19FO2/c1-4-5-9(2)16-13-8-11(14)6-7-12(13)10(3)15/h6-10,15H,4-5H2,1-3H3/t9?,10-/m0/s1. The van der Waals surface area contributed by atoms with Gasteiger partial charge in [-0.3, -0.25) is 0 Å². The fourth-order valence-corrected chi connectivity index (χ4v) is 1.64. The predicted molar refractivity (Wildman–Crippen MR) is 62.0 cm³/mol. The van der Waals surface area contributed by atoms with Crippen molar-refractivity contribution >= 4 is 0 Å². The van der Waals surface area contributed by atoms with E-state index in [1.54, 1.807) is 13.0 Å². The van der Waals surface area contributed by atoms with Gasteiger partial charge in [0.15, 0.2) is 0 Å². The predicted octanol–water partition coefficient (Wildman–Crippen LogP) is 3.45. The van der Waals surface area contributed by atoms with E-state index < -0.39 is 6.10 Å². The molecule has 2 nitrogen and oxygen atoms in total. The molecule has 1 rings (SSSR count). The third kappa shape index (κ3) is 3.49. The molecule has 0 aliphatic rings. The van der Waals surface area contributed by atoms with E-state index in [0.717, 1.165) is 12.8 Å². The molecule has 0 spiro atoms. The summed E-state index contributed by atoms with van der Waals surface area (Å²) < 4.78 is 18.7. The molecule has 0 fully saturated rings. The first-order valence-corrected chi connectivity index (χ1v) is 5.68. The summed E-state index contributed by atoms with van der Waals surface area (Å²) in [7, 11) is 0. The van der Waals surface area contributed by atoms with Crippen LogP contribution in [0.2, 0.25) is 0 Å². The second-order valence-corrected chi connectivity index (χ2v) is 4.08. The van der Waals surface area contributed by atoms with Crippen LogP contribution in [0.1, 0.15) is 45.3 Å². The molecule has 0 amide bonds. The topological polar surface area (TPSA) is 29.5 Å². The van der Waals surface area contributed by atoms with Crippen molar-refractivity contribution in [3.8, 4) is 5.75 Å². The zero-order valence-electron chi connectivity index (χ0n) is 10.0. The van der Waals surface area contributed by atoms with Crippen LogP contribution in [0.5, 0.6) is 5.75 Å². The average Bonchev–Trinajstić information content (AvgIpc) is 2.17. The number of aliphatic hydroxyl groups is 1. The largest absolute Gasteiger partial charge is 0.490 e. The van der Waals surface area contributed by atoms with Crippen molar-refractivity contribution < 1.29 is 14.2 Å². The Balaban J connectivity index is 2.87. The monoisotopic (exact) mass is 226 g/mol. The molecular weight excluding hydrogens is 207 g/mol. The molecule has 1 aromatic carbocycles. The molecule has 0 saturated heterocycles. The van der Waals surface area contributed by atoms with Gasteiger partial charge in [0.05, 0.1) is 12.2 Å². The third-order valence-electron chi connectivity index (χ3n) is 2.45. The molecule has 0 heterocycles. The molecule has 90 valence electrons. The lowest BCUT2D eigenvalue weighted by Crippen LogP contribution is -2.13. The Labute approximate surface area is 96.1 Å². The Kier molecular flexibility index (Phi) is 4.74. The summed E-state index contributed by atoms with van der Waals surface area (Å²) in [5.74, 6) is 0.0963. The van der Waals surface area contributed by atoms with E-state index >= 15 is 0 Å². The number of benzene rings is 1. The molecular formula is C13H19FO2. The van der Waals surface area contributed by atoms with Gasteiger partial charge in [0.25, 0.3) is 0 Å². The quantitative estimate of drug-likeness (QED) is 0.833. The second-order valence-electron chi connectivity index (χ2n) is 4.08. The SMILES string of the molecule is CCCC(C)Oc1cc(F)ccc1[C@H](C)O. The summed E-state index contributed by atoms with van der Waals surface area (Å²) >= 11 is 0. The van der Waals surface area contributed by atoms with Gasteiger partial charge in [0.2, 0.25) is 0 Å². The molecule has 0 aromatic heterocycles. The maximum atomic E-state index is 13.1. The van der Waals surface area contributed by atoms with E-state index in [2.05, 4.69) is 6.92 Å². The highest BCUT2D eigenvalue weighted by molar-refractivity contribution is 5.35. The first-order valence-electron chi connectivity index (χ1n) is 5.68. The molecule has 0 aliphatic heterocycles. The molecule has 16 heavy (non-hydrogen) atoms. The van der Waals surface area contributed by atoms with Crippen molar-refractivity contribution in [3.05, 3.63) is 29.6 Å². The zero-order valence-corrected chi connectivity index (χ0v) is 10.0. The first-order chi connectivity index (χ1) is 7.54. The Morgan fingerprint density at radius 2 is 2.06 bits per heavy atom. The highest BCUT2D eigenvalue weighted by Gasteiger charge is 2.12. The van der Waals surface area contributed by atoms with Gasteiger partial charge >= 0.3 is 0 Å². The molecule has 1 aromatic rings. The summed E-state index contributed by atoms with van der Waals surface area (Å²) in [6, 6.07) is 4.22. The van der Waals surface area contributed by atoms with Gasteiger partial charge < -0.3 is 9.84 Å². The van der Waals surface area contributed by atoms with E-state index in [4.69, 9.17) is 4.74 Å². The lowest BCUT2D eigenvalue weighted by Gasteiger charge is -2.18. The van der Waals surface area contributed by atoms with Crippen molar-refractivity contribution in [2.75, 3.05) is 0 Å². The van der Waals surface area contributed by atoms with Crippen LogP contribution in [0.25, 0.3) is 0 Å². The summed E-state index contributed by atoms with van der Waals surface area (Å²) in [4.78, 5) is 0. The normalized spacial score (nSPS) is 14.6. The van der Waals surface area contributed by atoms with E-state index in [9.17, 15) is 9.50 Å². The minimum atomic E-state index is -0.649. The van der Waals surface area contributed by atoms with Crippen molar-refractivity contribution in [3.63, 3.8) is 0 Å². The molecule has 1 N–H and O–H groups in total. The van der Waals surface area contributed by atoms with Gasteiger partial charge in [0.1, 0.15) is 11.6 Å². The maximum Gasteiger partial charge on any atom is 0.128 e. The van der Waals surface area contributed by atoms with Crippen molar-refractivity contribution in [1.82, 2.24) is 0 Å². The number of ether oxygens (including phenoxy) is 1. The lowest BCUT2D eigenvalue weighted by molar-refractivity contribution is 0.173. The Morgan fingerprint density at radius 1 is 1.38 bits per heavy atom. The van der Waals surface area contributed by atoms with E-state index in [-0.39, 0.29) is 11.9 Å². The molecule has 2 atom stereocenters. The average molecular weight is 226 g/mol. The minimum absolute atomic E-state index is 0.0318. The van der Waals surface area contributed by atoms with Gasteiger partial charge in [-0.1, -0.05) is 13.3 Å².